The van der Waals surface area contributed by atoms with Crippen LogP contribution in [0.4, 0.5) is 0 Å². The first-order valence-electron chi connectivity index (χ1n) is 6.26. The van der Waals surface area contributed by atoms with E-state index in [1.807, 2.05) is 30.3 Å². The van der Waals surface area contributed by atoms with E-state index in [0.717, 1.165) is 11.1 Å². The molecule has 0 aromatic heterocycles. The van der Waals surface area contributed by atoms with Crippen LogP contribution in [0, 0.1) is 0 Å². The van der Waals surface area contributed by atoms with Gasteiger partial charge in [-0.05, 0) is 23.3 Å². The fourth-order valence-electron chi connectivity index (χ4n) is 1.89. The summed E-state index contributed by atoms with van der Waals surface area (Å²) in [4.78, 5) is 0.295. The zero-order chi connectivity index (χ0) is 14.6. The van der Waals surface area contributed by atoms with Crippen LogP contribution < -0.4 is 0 Å². The highest BCUT2D eigenvalue weighted by Crippen LogP contribution is 2.18. The van der Waals surface area contributed by atoms with Gasteiger partial charge in [-0.1, -0.05) is 55.1 Å². The molecule has 0 heterocycles. The number of hydrogen-bond donors (Lipinski definition) is 0. The van der Waals surface area contributed by atoms with Gasteiger partial charge >= 0.3 is 0 Å². The first-order chi connectivity index (χ1) is 9.51. The highest BCUT2D eigenvalue weighted by atomic mass is 32.2. The summed E-state index contributed by atoms with van der Waals surface area (Å²) in [7, 11) is -1.90. The van der Waals surface area contributed by atoms with Crippen LogP contribution in [0.2, 0.25) is 0 Å². The number of likely N-dealkylation sites (N-methyl/N-ethyl adjacent to an activating group) is 1. The third kappa shape index (κ3) is 3.15. The topological polar surface area (TPSA) is 37.4 Å². The predicted octanol–water partition coefficient (Wildman–Crippen LogP) is 3.02. The summed E-state index contributed by atoms with van der Waals surface area (Å²) >= 11 is 0. The Bertz CT molecular complexity index is 679. The second-order valence-electron chi connectivity index (χ2n) is 4.54. The number of hydrogen-bond acceptors (Lipinski definition) is 2. The maximum atomic E-state index is 12.4. The molecule has 0 amide bonds. The largest absolute Gasteiger partial charge is 0.243 e. The smallest absolute Gasteiger partial charge is 0.207 e. The number of sulfonamides is 1. The lowest BCUT2D eigenvalue weighted by Crippen LogP contribution is -2.28. The summed E-state index contributed by atoms with van der Waals surface area (Å²) in [5.74, 6) is 0. The van der Waals surface area contributed by atoms with E-state index in [-0.39, 0.29) is 6.54 Å². The zero-order valence-electron chi connectivity index (χ0n) is 11.4. The molecule has 0 N–H and O–H groups in total. The van der Waals surface area contributed by atoms with Crippen molar-refractivity contribution in [2.24, 2.45) is 0 Å². The Morgan fingerprint density at radius 3 is 2.05 bits per heavy atom. The Morgan fingerprint density at radius 2 is 1.50 bits per heavy atom. The van der Waals surface area contributed by atoms with Crippen LogP contribution in [0.25, 0.3) is 5.57 Å². The number of rotatable bonds is 5. The highest BCUT2D eigenvalue weighted by molar-refractivity contribution is 7.89. The minimum absolute atomic E-state index is 0.265. The molecule has 20 heavy (non-hydrogen) atoms. The van der Waals surface area contributed by atoms with Gasteiger partial charge in [0.1, 0.15) is 0 Å². The van der Waals surface area contributed by atoms with Gasteiger partial charge in [-0.15, -0.1) is 0 Å². The predicted molar refractivity (Wildman–Crippen MR) is 81.7 cm³/mol. The maximum absolute atomic E-state index is 12.4. The first kappa shape index (κ1) is 14.5. The number of benzene rings is 2. The molecule has 0 saturated heterocycles. The molecule has 2 aromatic rings. The van der Waals surface area contributed by atoms with Gasteiger partial charge in [0.05, 0.1) is 4.90 Å². The van der Waals surface area contributed by atoms with E-state index < -0.39 is 10.0 Å². The molecule has 3 nitrogen and oxygen atoms in total. The normalized spacial score (nSPS) is 11.5. The van der Waals surface area contributed by atoms with Gasteiger partial charge < -0.3 is 0 Å². The molecule has 0 bridgehead atoms. The quantitative estimate of drug-likeness (QED) is 0.847. The van der Waals surface area contributed by atoms with Gasteiger partial charge in [0.15, 0.2) is 0 Å². The van der Waals surface area contributed by atoms with Crippen molar-refractivity contribution in [2.45, 2.75) is 4.90 Å². The van der Waals surface area contributed by atoms with Crippen molar-refractivity contribution in [1.82, 2.24) is 4.31 Å². The van der Waals surface area contributed by atoms with Crippen LogP contribution in [-0.2, 0) is 10.0 Å². The second-order valence-corrected chi connectivity index (χ2v) is 6.59. The fraction of sp³-hybridized carbons (Fsp3) is 0.125. The Balaban J connectivity index is 2.17. The van der Waals surface area contributed by atoms with E-state index in [4.69, 9.17) is 0 Å². The molecule has 0 aliphatic carbocycles. The van der Waals surface area contributed by atoms with Crippen LogP contribution in [0.3, 0.4) is 0 Å². The molecule has 2 aromatic carbocycles. The Kier molecular flexibility index (Phi) is 4.37. The summed E-state index contributed by atoms with van der Waals surface area (Å²) in [6.45, 7) is 4.23. The molecule has 104 valence electrons. The van der Waals surface area contributed by atoms with E-state index in [1.54, 1.807) is 37.4 Å². The van der Waals surface area contributed by atoms with Gasteiger partial charge in [0.25, 0.3) is 0 Å². The second kappa shape index (κ2) is 6.03. The third-order valence-electron chi connectivity index (χ3n) is 3.05. The highest BCUT2D eigenvalue weighted by Gasteiger charge is 2.20. The summed E-state index contributed by atoms with van der Waals surface area (Å²) in [6.07, 6.45) is 0. The van der Waals surface area contributed by atoms with E-state index in [9.17, 15) is 8.42 Å². The van der Waals surface area contributed by atoms with Gasteiger partial charge in [-0.3, -0.25) is 0 Å². The Labute approximate surface area is 120 Å². The third-order valence-corrected chi connectivity index (χ3v) is 4.86. The summed E-state index contributed by atoms with van der Waals surface area (Å²) in [6, 6.07) is 18.0. The Morgan fingerprint density at radius 1 is 1.00 bits per heavy atom. The average Bonchev–Trinajstić information content (AvgIpc) is 2.49. The molecule has 0 aliphatic heterocycles. The van der Waals surface area contributed by atoms with Gasteiger partial charge in [-0.2, -0.15) is 4.31 Å². The fourth-order valence-corrected chi connectivity index (χ4v) is 3.08. The van der Waals surface area contributed by atoms with Crippen LogP contribution in [0.1, 0.15) is 5.56 Å². The first-order valence-corrected chi connectivity index (χ1v) is 7.70. The summed E-state index contributed by atoms with van der Waals surface area (Å²) in [5.41, 5.74) is 1.72. The van der Waals surface area contributed by atoms with E-state index in [1.165, 1.54) is 4.31 Å². The molecule has 0 saturated carbocycles. The SMILES string of the molecule is C=C(CN(C)S(=O)(=O)c1ccccc1)c1ccccc1. The molecule has 0 atom stereocenters. The van der Waals surface area contributed by atoms with Crippen molar-refractivity contribution in [3.05, 3.63) is 72.8 Å². The zero-order valence-corrected chi connectivity index (χ0v) is 12.2. The lowest BCUT2D eigenvalue weighted by atomic mass is 10.1. The lowest BCUT2D eigenvalue weighted by molar-refractivity contribution is 0.502. The number of nitrogens with zero attached hydrogens (tertiary/aromatic N) is 1. The van der Waals surface area contributed by atoms with Crippen molar-refractivity contribution in [3.8, 4) is 0 Å². The molecule has 0 fully saturated rings. The molecule has 0 aliphatic rings. The Hall–Kier alpha value is -1.91. The van der Waals surface area contributed by atoms with E-state index >= 15 is 0 Å². The average molecular weight is 287 g/mol. The van der Waals surface area contributed by atoms with Crippen LogP contribution in [0.5, 0.6) is 0 Å². The van der Waals surface area contributed by atoms with Crippen LogP contribution >= 0.6 is 0 Å². The monoisotopic (exact) mass is 287 g/mol. The van der Waals surface area contributed by atoms with Crippen molar-refractivity contribution >= 4 is 15.6 Å². The molecule has 0 radical (unpaired) electrons. The molecule has 4 heteroatoms. The summed E-state index contributed by atoms with van der Waals surface area (Å²) in [5, 5.41) is 0. The van der Waals surface area contributed by atoms with Crippen molar-refractivity contribution in [2.75, 3.05) is 13.6 Å². The molecule has 0 spiro atoms. The van der Waals surface area contributed by atoms with Crippen molar-refractivity contribution in [1.29, 1.82) is 0 Å². The molecule has 2 rings (SSSR count). The summed E-state index contributed by atoms with van der Waals surface area (Å²) < 4.78 is 26.1. The molecular formula is C16H17NO2S. The lowest BCUT2D eigenvalue weighted by Gasteiger charge is -2.18. The van der Waals surface area contributed by atoms with Gasteiger partial charge in [0, 0.05) is 13.6 Å². The standard InChI is InChI=1S/C16H17NO2S/c1-14(15-9-5-3-6-10-15)13-17(2)20(18,19)16-11-7-4-8-12-16/h3-12H,1,13H2,2H3. The van der Waals surface area contributed by atoms with Crippen LogP contribution in [0.15, 0.2) is 72.1 Å². The van der Waals surface area contributed by atoms with Crippen molar-refractivity contribution < 1.29 is 8.42 Å². The van der Waals surface area contributed by atoms with Crippen LogP contribution in [-0.4, -0.2) is 26.3 Å². The van der Waals surface area contributed by atoms with Gasteiger partial charge in [-0.25, -0.2) is 8.42 Å². The van der Waals surface area contributed by atoms with Gasteiger partial charge in [0.2, 0.25) is 10.0 Å². The van der Waals surface area contributed by atoms with E-state index in [2.05, 4.69) is 6.58 Å². The molecular weight excluding hydrogens is 270 g/mol. The van der Waals surface area contributed by atoms with Crippen molar-refractivity contribution in [3.63, 3.8) is 0 Å². The maximum Gasteiger partial charge on any atom is 0.243 e. The molecule has 0 unspecified atom stereocenters. The minimum atomic E-state index is -3.47. The minimum Gasteiger partial charge on any atom is -0.207 e. The van der Waals surface area contributed by atoms with E-state index in [0.29, 0.717) is 4.90 Å².